The van der Waals surface area contributed by atoms with E-state index >= 15 is 0 Å². The van der Waals surface area contributed by atoms with E-state index in [-0.39, 0.29) is 29.1 Å². The first kappa shape index (κ1) is 17.6. The van der Waals surface area contributed by atoms with Gasteiger partial charge in [0.2, 0.25) is 0 Å². The van der Waals surface area contributed by atoms with Gasteiger partial charge in [0.15, 0.2) is 0 Å². The van der Waals surface area contributed by atoms with Gasteiger partial charge >= 0.3 is 0 Å². The molecule has 0 aromatic carbocycles. The van der Waals surface area contributed by atoms with Crippen molar-refractivity contribution in [2.24, 2.45) is 28.6 Å². The third-order valence-electron chi connectivity index (χ3n) is 9.73. The monoisotopic (exact) mass is 364 g/mol. The normalized spacial score (nSPS) is 63.3. The van der Waals surface area contributed by atoms with Gasteiger partial charge in [-0.1, -0.05) is 13.8 Å². The van der Waals surface area contributed by atoms with Crippen molar-refractivity contribution in [2.45, 2.75) is 95.2 Å². The number of carbonyl (C=O) groups excluding carboxylic acids is 1. The van der Waals surface area contributed by atoms with Gasteiger partial charge in [-0.2, -0.15) is 0 Å². The molecule has 10 atom stereocenters. The zero-order valence-corrected chi connectivity index (χ0v) is 16.1. The molecule has 3 N–H and O–H groups in total. The molecule has 0 aromatic heterocycles. The number of hydrogen-bond donors (Lipinski definition) is 3. The van der Waals surface area contributed by atoms with E-state index in [1.807, 2.05) is 6.92 Å². The molecule has 0 amide bonds. The highest BCUT2D eigenvalue weighted by molar-refractivity contribution is 5.80. The van der Waals surface area contributed by atoms with Gasteiger partial charge in [-0.25, -0.2) is 0 Å². The molecule has 5 heteroatoms. The van der Waals surface area contributed by atoms with Crippen molar-refractivity contribution in [3.63, 3.8) is 0 Å². The van der Waals surface area contributed by atoms with Gasteiger partial charge in [-0.05, 0) is 63.2 Å². The van der Waals surface area contributed by atoms with Crippen molar-refractivity contribution >= 4 is 5.78 Å². The van der Waals surface area contributed by atoms with E-state index < -0.39 is 28.8 Å². The lowest BCUT2D eigenvalue weighted by Crippen LogP contribution is -2.69. The maximum absolute atomic E-state index is 12.3. The summed E-state index contributed by atoms with van der Waals surface area (Å²) in [7, 11) is 0. The lowest BCUT2D eigenvalue weighted by atomic mass is 9.43. The van der Waals surface area contributed by atoms with Crippen LogP contribution in [0.3, 0.4) is 0 Å². The Kier molecular flexibility index (Phi) is 3.33. The summed E-state index contributed by atoms with van der Waals surface area (Å²) in [5, 5.41) is 32.8. The number of Topliss-reactive ketones (excluding diaryl/α,β-unsaturated/α-hetero) is 1. The summed E-state index contributed by atoms with van der Waals surface area (Å²) in [6.45, 7) is 5.82. The van der Waals surface area contributed by atoms with Crippen molar-refractivity contribution in [3.05, 3.63) is 0 Å². The maximum Gasteiger partial charge on any atom is 0.133 e. The number of hydrogen-bond acceptors (Lipinski definition) is 5. The number of ketones is 1. The van der Waals surface area contributed by atoms with E-state index in [0.29, 0.717) is 5.92 Å². The van der Waals surface area contributed by atoms with Crippen LogP contribution in [-0.4, -0.2) is 50.6 Å². The zero-order valence-electron chi connectivity index (χ0n) is 16.1. The van der Waals surface area contributed by atoms with Crippen LogP contribution in [0.1, 0.15) is 65.7 Å². The van der Waals surface area contributed by atoms with E-state index in [0.717, 1.165) is 44.9 Å². The largest absolute Gasteiger partial charge is 0.393 e. The third kappa shape index (κ3) is 1.63. The van der Waals surface area contributed by atoms with Gasteiger partial charge < -0.3 is 20.1 Å². The van der Waals surface area contributed by atoms with Crippen molar-refractivity contribution in [2.75, 3.05) is 0 Å². The van der Waals surface area contributed by atoms with Crippen molar-refractivity contribution < 1.29 is 24.9 Å². The van der Waals surface area contributed by atoms with Crippen LogP contribution in [0.2, 0.25) is 0 Å². The predicted molar refractivity (Wildman–Crippen MR) is 94.3 cm³/mol. The summed E-state index contributed by atoms with van der Waals surface area (Å²) in [5.41, 5.74) is -1.70. The minimum Gasteiger partial charge on any atom is -0.393 e. The molecular weight excluding hydrogens is 332 g/mol. The van der Waals surface area contributed by atoms with Crippen LogP contribution in [0, 0.1) is 28.6 Å². The second-order valence-electron chi connectivity index (χ2n) is 10.4. The molecule has 2 spiro atoms. The first-order valence-corrected chi connectivity index (χ1v) is 10.4. The predicted octanol–water partition coefficient (Wildman–Crippen LogP) is 1.81. The molecule has 0 unspecified atom stereocenters. The SMILES string of the molecule is CC(=O)[C@H]1CC[C@]23O[C@]24CC[C@@H]2C[C@H](O)CC[C@]2(C)[C@@H]4[C@@H](O)[C@H](O)[C@]13C. The molecular formula is C21H32O5. The van der Waals surface area contributed by atoms with Gasteiger partial charge in [-0.15, -0.1) is 0 Å². The number of aliphatic hydroxyl groups excluding tert-OH is 3. The zero-order chi connectivity index (χ0) is 18.7. The van der Waals surface area contributed by atoms with Gasteiger partial charge in [-0.3, -0.25) is 4.79 Å². The first-order chi connectivity index (χ1) is 12.1. The Hall–Kier alpha value is -0.490. The minimum absolute atomic E-state index is 0.0976. The summed E-state index contributed by atoms with van der Waals surface area (Å²) in [5.74, 6) is 0.0981. The number of aliphatic hydroxyl groups is 3. The Morgan fingerprint density at radius 2 is 1.77 bits per heavy atom. The Labute approximate surface area is 155 Å². The number of rotatable bonds is 1. The molecule has 1 saturated heterocycles. The second kappa shape index (κ2) is 4.91. The van der Waals surface area contributed by atoms with Crippen LogP contribution < -0.4 is 0 Å². The molecule has 1 heterocycles. The molecule has 5 nitrogen and oxygen atoms in total. The van der Waals surface area contributed by atoms with E-state index in [4.69, 9.17) is 4.74 Å². The smallest absolute Gasteiger partial charge is 0.133 e. The van der Waals surface area contributed by atoms with Crippen LogP contribution in [0.4, 0.5) is 0 Å². The lowest BCUT2D eigenvalue weighted by molar-refractivity contribution is -0.196. The van der Waals surface area contributed by atoms with Gasteiger partial charge in [0.05, 0.1) is 18.3 Å². The standard InChI is InChI=1S/C21H32O5/c1-11(22)14-6-9-21-19(14,3)17(25)15(24)16-18(2)7-5-13(23)10-12(18)4-8-20(16,21)26-21/h12-17,23-25H,4-10H2,1-3H3/t12-,13-,14-,15-,16+,17+,18+,19+,20+,21-/m1/s1. The number of ether oxygens (including phenoxy) is 1. The highest BCUT2D eigenvalue weighted by atomic mass is 16.6. The summed E-state index contributed by atoms with van der Waals surface area (Å²) < 4.78 is 6.61. The summed E-state index contributed by atoms with van der Waals surface area (Å²) in [4.78, 5) is 12.3. The average Bonchev–Trinajstić information content (AvgIpc) is 3.11. The summed E-state index contributed by atoms with van der Waals surface area (Å²) in [6.07, 6.45) is 3.74. The van der Waals surface area contributed by atoms with Gasteiger partial charge in [0, 0.05) is 17.3 Å². The molecule has 5 aliphatic rings. The van der Waals surface area contributed by atoms with E-state index in [9.17, 15) is 20.1 Å². The van der Waals surface area contributed by atoms with E-state index in [1.165, 1.54) is 0 Å². The second-order valence-corrected chi connectivity index (χ2v) is 10.4. The first-order valence-electron chi connectivity index (χ1n) is 10.4. The van der Waals surface area contributed by atoms with Gasteiger partial charge in [0.25, 0.3) is 0 Å². The van der Waals surface area contributed by atoms with Crippen LogP contribution >= 0.6 is 0 Å². The van der Waals surface area contributed by atoms with Crippen LogP contribution in [-0.2, 0) is 9.53 Å². The number of fused-ring (bicyclic) bond motifs is 2. The van der Waals surface area contributed by atoms with E-state index in [1.54, 1.807) is 6.92 Å². The molecule has 4 aliphatic carbocycles. The van der Waals surface area contributed by atoms with E-state index in [2.05, 4.69) is 6.92 Å². The van der Waals surface area contributed by atoms with Crippen molar-refractivity contribution in [1.82, 2.24) is 0 Å². The molecule has 0 bridgehead atoms. The summed E-state index contributed by atoms with van der Waals surface area (Å²) in [6, 6.07) is 0. The Morgan fingerprint density at radius 1 is 1.04 bits per heavy atom. The van der Waals surface area contributed by atoms with Crippen LogP contribution in [0.5, 0.6) is 0 Å². The molecule has 0 aromatic rings. The topological polar surface area (TPSA) is 90.3 Å². The third-order valence-corrected chi connectivity index (χ3v) is 9.73. The molecule has 4 saturated carbocycles. The molecule has 0 radical (unpaired) electrons. The highest BCUT2D eigenvalue weighted by Crippen LogP contribution is 2.80. The Morgan fingerprint density at radius 3 is 2.46 bits per heavy atom. The molecule has 5 fully saturated rings. The quantitative estimate of drug-likeness (QED) is 0.618. The molecule has 146 valence electrons. The fourth-order valence-corrected chi connectivity index (χ4v) is 8.48. The summed E-state index contributed by atoms with van der Waals surface area (Å²) >= 11 is 0. The van der Waals surface area contributed by atoms with Crippen LogP contribution in [0.25, 0.3) is 0 Å². The Balaban J connectivity index is 1.61. The Bertz CT molecular complexity index is 665. The molecule has 26 heavy (non-hydrogen) atoms. The highest BCUT2D eigenvalue weighted by Gasteiger charge is 2.90. The molecule has 5 rings (SSSR count). The fourth-order valence-electron chi connectivity index (χ4n) is 8.48. The molecule has 1 aliphatic heterocycles. The van der Waals surface area contributed by atoms with Crippen molar-refractivity contribution in [3.8, 4) is 0 Å². The maximum atomic E-state index is 12.3. The fraction of sp³-hybridized carbons (Fsp3) is 0.952. The minimum atomic E-state index is -0.943. The van der Waals surface area contributed by atoms with Gasteiger partial charge in [0.1, 0.15) is 17.0 Å². The lowest BCUT2D eigenvalue weighted by Gasteiger charge is -2.60. The van der Waals surface area contributed by atoms with Crippen LogP contribution in [0.15, 0.2) is 0 Å². The van der Waals surface area contributed by atoms with Crippen molar-refractivity contribution in [1.29, 1.82) is 0 Å². The average molecular weight is 364 g/mol. The number of carbonyl (C=O) groups is 1. The number of epoxide rings is 1.